The maximum absolute atomic E-state index is 13.1. The molecule has 0 saturated heterocycles. The van der Waals surface area contributed by atoms with Gasteiger partial charge < -0.3 is 4.18 Å². The largest absolute Gasteiger partial charge is 0.534 e. The van der Waals surface area contributed by atoms with Gasteiger partial charge in [0.1, 0.15) is 5.75 Å². The molecule has 0 amide bonds. The Morgan fingerprint density at radius 1 is 0.438 bits per heavy atom. The molecule has 7 heteroatoms. The number of halogens is 3. The molecule has 0 aliphatic heterocycles. The van der Waals surface area contributed by atoms with Gasteiger partial charge in [-0.05, 0) is 94.7 Å². The summed E-state index contributed by atoms with van der Waals surface area (Å²) < 4.78 is 67.2. The van der Waals surface area contributed by atoms with Gasteiger partial charge in [-0.1, -0.05) is 133 Å². The van der Waals surface area contributed by atoms with Crippen LogP contribution >= 0.6 is 0 Å². The summed E-state index contributed by atoms with van der Waals surface area (Å²) in [5, 5.41) is 8.03. The van der Waals surface area contributed by atoms with E-state index in [9.17, 15) is 21.6 Å². The molecule has 8 aromatic carbocycles. The van der Waals surface area contributed by atoms with E-state index in [2.05, 4.69) is 89.1 Å². The number of alkyl halides is 3. The summed E-state index contributed by atoms with van der Waals surface area (Å²) in [6.45, 7) is 0. The van der Waals surface area contributed by atoms with Crippen molar-refractivity contribution in [3.63, 3.8) is 0 Å². The van der Waals surface area contributed by atoms with Gasteiger partial charge >= 0.3 is 15.6 Å². The van der Waals surface area contributed by atoms with Crippen LogP contribution in [-0.4, -0.2) is 13.9 Å². The minimum atomic E-state index is -5.82. The van der Waals surface area contributed by atoms with Crippen LogP contribution < -0.4 is 4.18 Å². The highest BCUT2D eigenvalue weighted by Gasteiger charge is 2.48. The standard InChI is InChI=1S/C41H25F3O3S/c42-41(43,44)48(45,46)47-30-23-22-27-12-8-20-32(38(27)25-30)28-13-7-14-29(24-28)39-34-16-3-5-18-36(34)40(37-19-6-4-17-35(37)39)33-21-9-11-26-10-1-2-15-31(26)33/h1-25H. The summed E-state index contributed by atoms with van der Waals surface area (Å²) in [6.07, 6.45) is 0. The van der Waals surface area contributed by atoms with Crippen LogP contribution in [0.2, 0.25) is 0 Å². The Kier molecular flexibility index (Phi) is 6.96. The van der Waals surface area contributed by atoms with Crippen molar-refractivity contribution < 1.29 is 25.8 Å². The molecule has 8 aromatic rings. The predicted octanol–water partition coefficient (Wildman–Crippen LogP) is 11.5. The van der Waals surface area contributed by atoms with Gasteiger partial charge in [-0.15, -0.1) is 0 Å². The average molecular weight is 655 g/mol. The van der Waals surface area contributed by atoms with E-state index in [1.807, 2.05) is 48.5 Å². The lowest BCUT2D eigenvalue weighted by Crippen LogP contribution is -2.28. The first-order valence-electron chi connectivity index (χ1n) is 15.3. The normalized spacial score (nSPS) is 12.2. The van der Waals surface area contributed by atoms with Gasteiger partial charge in [-0.3, -0.25) is 0 Å². The lowest BCUT2D eigenvalue weighted by Gasteiger charge is -2.19. The smallest absolute Gasteiger partial charge is 0.376 e. The Hall–Kier alpha value is -5.66. The molecule has 48 heavy (non-hydrogen) atoms. The molecule has 0 atom stereocenters. The highest BCUT2D eigenvalue weighted by molar-refractivity contribution is 7.88. The van der Waals surface area contributed by atoms with Gasteiger partial charge in [0, 0.05) is 0 Å². The second-order valence-corrected chi connectivity index (χ2v) is 13.2. The van der Waals surface area contributed by atoms with Crippen LogP contribution in [0.5, 0.6) is 5.75 Å². The molecular weight excluding hydrogens is 630 g/mol. The minimum Gasteiger partial charge on any atom is -0.376 e. The zero-order valence-corrected chi connectivity index (χ0v) is 26.0. The van der Waals surface area contributed by atoms with E-state index in [1.54, 1.807) is 6.07 Å². The van der Waals surface area contributed by atoms with Crippen molar-refractivity contribution in [1.29, 1.82) is 0 Å². The van der Waals surface area contributed by atoms with Crippen LogP contribution in [0, 0.1) is 0 Å². The molecule has 0 saturated carbocycles. The molecule has 3 nitrogen and oxygen atoms in total. The third kappa shape index (κ3) is 4.95. The molecule has 0 aliphatic carbocycles. The molecule has 0 spiro atoms. The molecule has 0 N–H and O–H groups in total. The number of fused-ring (bicyclic) bond motifs is 4. The zero-order chi connectivity index (χ0) is 33.0. The van der Waals surface area contributed by atoms with Crippen LogP contribution in [-0.2, 0) is 10.1 Å². The first kappa shape index (κ1) is 29.7. The van der Waals surface area contributed by atoms with E-state index in [1.165, 1.54) is 22.9 Å². The molecule has 8 rings (SSSR count). The zero-order valence-electron chi connectivity index (χ0n) is 25.2. The van der Waals surface area contributed by atoms with Crippen LogP contribution in [0.4, 0.5) is 13.2 Å². The minimum absolute atomic E-state index is 0.413. The molecule has 0 unspecified atom stereocenters. The fraction of sp³-hybridized carbons (Fsp3) is 0.0244. The van der Waals surface area contributed by atoms with Crippen molar-refractivity contribution in [2.24, 2.45) is 0 Å². The van der Waals surface area contributed by atoms with Gasteiger partial charge in [0.15, 0.2) is 0 Å². The topological polar surface area (TPSA) is 43.4 Å². The quantitative estimate of drug-likeness (QED) is 0.105. The lowest BCUT2D eigenvalue weighted by atomic mass is 9.84. The third-order valence-corrected chi connectivity index (χ3v) is 9.77. The highest BCUT2D eigenvalue weighted by Crippen LogP contribution is 2.46. The van der Waals surface area contributed by atoms with E-state index in [-0.39, 0.29) is 0 Å². The van der Waals surface area contributed by atoms with Crippen LogP contribution in [0.1, 0.15) is 0 Å². The van der Waals surface area contributed by atoms with Crippen LogP contribution in [0.15, 0.2) is 152 Å². The van der Waals surface area contributed by atoms with Gasteiger partial charge in [0.25, 0.3) is 0 Å². The maximum atomic E-state index is 13.1. The maximum Gasteiger partial charge on any atom is 0.534 e. The summed E-state index contributed by atoms with van der Waals surface area (Å²) >= 11 is 0. The molecule has 0 radical (unpaired) electrons. The number of hydrogen-bond donors (Lipinski definition) is 0. The molecule has 0 heterocycles. The summed E-state index contributed by atoms with van der Waals surface area (Å²) in [4.78, 5) is 0. The van der Waals surface area contributed by atoms with Crippen molar-refractivity contribution in [2.75, 3.05) is 0 Å². The Bertz CT molecular complexity index is 2600. The second-order valence-electron chi connectivity index (χ2n) is 11.6. The second kappa shape index (κ2) is 11.2. The van der Waals surface area contributed by atoms with Crippen molar-refractivity contribution >= 4 is 53.2 Å². The Labute approximate surface area is 274 Å². The third-order valence-electron chi connectivity index (χ3n) is 8.80. The summed E-state index contributed by atoms with van der Waals surface area (Å²) in [7, 11) is -5.82. The van der Waals surface area contributed by atoms with Crippen LogP contribution in [0.3, 0.4) is 0 Å². The van der Waals surface area contributed by atoms with Crippen molar-refractivity contribution in [3.05, 3.63) is 152 Å². The summed E-state index contributed by atoms with van der Waals surface area (Å²) in [5.74, 6) is -0.413. The van der Waals surface area contributed by atoms with Crippen LogP contribution in [0.25, 0.3) is 76.5 Å². The molecule has 0 bridgehead atoms. The van der Waals surface area contributed by atoms with Gasteiger partial charge in [-0.2, -0.15) is 21.6 Å². The van der Waals surface area contributed by atoms with E-state index in [4.69, 9.17) is 0 Å². The average Bonchev–Trinajstić information content (AvgIpc) is 3.09. The molecular formula is C41H25F3O3S. The molecule has 0 aliphatic rings. The van der Waals surface area contributed by atoms with E-state index < -0.39 is 21.4 Å². The Balaban J connectivity index is 1.34. The Morgan fingerprint density at radius 2 is 0.938 bits per heavy atom. The molecule has 0 aromatic heterocycles. The SMILES string of the molecule is O=S(=O)(Oc1ccc2cccc(-c3cccc(-c4c5ccccc5c(-c5cccc6ccccc56)c5ccccc45)c3)c2c1)C(F)(F)F. The predicted molar refractivity (Wildman–Crippen MR) is 188 cm³/mol. The van der Waals surface area contributed by atoms with E-state index in [0.29, 0.717) is 5.39 Å². The first-order valence-corrected chi connectivity index (χ1v) is 16.7. The highest BCUT2D eigenvalue weighted by atomic mass is 32.2. The molecule has 0 fully saturated rings. The molecule has 234 valence electrons. The first-order chi connectivity index (χ1) is 23.2. The fourth-order valence-electron chi connectivity index (χ4n) is 6.74. The van der Waals surface area contributed by atoms with Gasteiger partial charge in [-0.25, -0.2) is 0 Å². The lowest BCUT2D eigenvalue weighted by molar-refractivity contribution is -0.0500. The van der Waals surface area contributed by atoms with Crippen molar-refractivity contribution in [1.82, 2.24) is 0 Å². The number of rotatable bonds is 5. The fourth-order valence-corrected chi connectivity index (χ4v) is 7.20. The Morgan fingerprint density at radius 3 is 1.58 bits per heavy atom. The number of hydrogen-bond acceptors (Lipinski definition) is 3. The van der Waals surface area contributed by atoms with Gasteiger partial charge in [0.2, 0.25) is 0 Å². The monoisotopic (exact) mass is 654 g/mol. The van der Waals surface area contributed by atoms with E-state index in [0.717, 1.165) is 60.3 Å². The van der Waals surface area contributed by atoms with Crippen molar-refractivity contribution in [2.45, 2.75) is 5.51 Å². The summed E-state index contributed by atoms with van der Waals surface area (Å²) in [5.41, 5.74) is 0.353. The van der Waals surface area contributed by atoms with E-state index >= 15 is 0 Å². The summed E-state index contributed by atoms with van der Waals surface area (Å²) in [6, 6.07) is 49.3. The van der Waals surface area contributed by atoms with Crippen molar-refractivity contribution in [3.8, 4) is 39.1 Å². The van der Waals surface area contributed by atoms with Gasteiger partial charge in [0.05, 0.1) is 0 Å². The number of benzene rings is 8.